The first-order valence-corrected chi connectivity index (χ1v) is 11.4. The molecule has 1 N–H and O–H groups in total. The summed E-state index contributed by atoms with van der Waals surface area (Å²) in [5, 5.41) is 3.51. The van der Waals surface area contributed by atoms with Gasteiger partial charge in [0.15, 0.2) is 9.76 Å². The molecular formula is C18H43N3OSi. The van der Waals surface area contributed by atoms with Gasteiger partial charge in [-0.1, -0.05) is 13.8 Å². The quantitative estimate of drug-likeness (QED) is 0.323. The van der Waals surface area contributed by atoms with Crippen LogP contribution in [-0.2, 0) is 4.43 Å². The Morgan fingerprint density at radius 3 is 2.30 bits per heavy atom. The molecule has 4 nitrogen and oxygen atoms in total. The predicted octanol–water partition coefficient (Wildman–Crippen LogP) is 2.34. The highest BCUT2D eigenvalue weighted by Gasteiger charge is 2.06. The van der Waals surface area contributed by atoms with Crippen molar-refractivity contribution in [2.75, 3.05) is 52.9 Å². The zero-order chi connectivity index (χ0) is 17.3. The fourth-order valence-corrected chi connectivity index (χ4v) is 3.61. The minimum Gasteiger partial charge on any atom is -0.422 e. The minimum atomic E-state index is -0.293. The van der Waals surface area contributed by atoms with Gasteiger partial charge in [-0.3, -0.25) is 0 Å². The molecule has 0 unspecified atom stereocenters. The van der Waals surface area contributed by atoms with Crippen LogP contribution in [0.1, 0.15) is 53.4 Å². The lowest BCUT2D eigenvalue weighted by molar-refractivity contribution is 0.238. The zero-order valence-corrected chi connectivity index (χ0v) is 18.0. The summed E-state index contributed by atoms with van der Waals surface area (Å²) < 4.78 is 5.78. The van der Waals surface area contributed by atoms with Crippen molar-refractivity contribution in [3.05, 3.63) is 0 Å². The summed E-state index contributed by atoms with van der Waals surface area (Å²) >= 11 is 0. The van der Waals surface area contributed by atoms with E-state index < -0.39 is 0 Å². The number of hydrogen-bond donors (Lipinski definition) is 1. The molecule has 140 valence electrons. The second-order valence-electron chi connectivity index (χ2n) is 6.82. The normalized spacial score (nSPS) is 12.5. The number of nitrogens with zero attached hydrogens (tertiary/aromatic N) is 2. The topological polar surface area (TPSA) is 27.7 Å². The number of nitrogens with one attached hydrogen (secondary N) is 1. The van der Waals surface area contributed by atoms with E-state index in [2.05, 4.69) is 49.9 Å². The van der Waals surface area contributed by atoms with Crippen molar-refractivity contribution in [2.45, 2.75) is 65.5 Å². The second kappa shape index (κ2) is 16.9. The van der Waals surface area contributed by atoms with E-state index >= 15 is 0 Å². The molecule has 0 aromatic rings. The Morgan fingerprint density at radius 2 is 1.65 bits per heavy atom. The van der Waals surface area contributed by atoms with Crippen LogP contribution in [0.5, 0.6) is 0 Å². The van der Waals surface area contributed by atoms with Gasteiger partial charge in [0.1, 0.15) is 0 Å². The van der Waals surface area contributed by atoms with E-state index in [1.165, 1.54) is 57.9 Å². The monoisotopic (exact) mass is 345 g/mol. The van der Waals surface area contributed by atoms with Crippen molar-refractivity contribution >= 4 is 9.76 Å². The molecule has 0 radical (unpaired) electrons. The smallest absolute Gasteiger partial charge is 0.161 e. The maximum atomic E-state index is 5.78. The van der Waals surface area contributed by atoms with Crippen LogP contribution >= 0.6 is 0 Å². The molecule has 0 rings (SSSR count). The molecule has 0 amide bonds. The third-order valence-corrected chi connectivity index (χ3v) is 5.82. The molecule has 0 atom stereocenters. The highest BCUT2D eigenvalue weighted by atomic mass is 28.2. The van der Waals surface area contributed by atoms with E-state index in [9.17, 15) is 0 Å². The van der Waals surface area contributed by atoms with E-state index in [0.717, 1.165) is 19.6 Å². The van der Waals surface area contributed by atoms with Crippen LogP contribution in [-0.4, -0.2) is 78.5 Å². The minimum absolute atomic E-state index is 0.293. The van der Waals surface area contributed by atoms with E-state index in [0.29, 0.717) is 6.10 Å². The molecule has 0 aromatic heterocycles. The Kier molecular flexibility index (Phi) is 16.9. The van der Waals surface area contributed by atoms with Gasteiger partial charge in [0, 0.05) is 6.10 Å². The van der Waals surface area contributed by atoms with Crippen LogP contribution < -0.4 is 5.32 Å². The molecule has 0 saturated heterocycles. The van der Waals surface area contributed by atoms with Crippen LogP contribution in [0.3, 0.4) is 0 Å². The first-order valence-electron chi connectivity index (χ1n) is 9.83. The average Bonchev–Trinajstić information content (AvgIpc) is 2.53. The summed E-state index contributed by atoms with van der Waals surface area (Å²) in [6.07, 6.45) is 5.52. The zero-order valence-electron chi connectivity index (χ0n) is 16.6. The van der Waals surface area contributed by atoms with Gasteiger partial charge in [-0.05, 0) is 98.4 Å². The highest BCUT2D eigenvalue weighted by molar-refractivity contribution is 6.27. The van der Waals surface area contributed by atoms with Gasteiger partial charge < -0.3 is 19.5 Å². The molecule has 0 heterocycles. The third-order valence-electron chi connectivity index (χ3n) is 4.13. The standard InChI is InChI=1S/C18H43N3OSi/c1-6-11-19-12-8-14-21(15-9-13-20(5)7-2)16-10-17-23-22-18(3)4/h18-19H,6-17,23H2,1-5H3. The Hall–Kier alpha value is 0.0569. The van der Waals surface area contributed by atoms with Gasteiger partial charge in [0.2, 0.25) is 0 Å². The first kappa shape index (κ1) is 23.1. The van der Waals surface area contributed by atoms with Gasteiger partial charge in [-0.25, -0.2) is 0 Å². The van der Waals surface area contributed by atoms with Crippen molar-refractivity contribution in [1.82, 2.24) is 15.1 Å². The fraction of sp³-hybridized carbons (Fsp3) is 1.00. The Bertz CT molecular complexity index is 242. The lowest BCUT2D eigenvalue weighted by Crippen LogP contribution is -2.32. The molecule has 5 heteroatoms. The molecule has 0 aliphatic rings. The van der Waals surface area contributed by atoms with Crippen molar-refractivity contribution in [1.29, 1.82) is 0 Å². The largest absolute Gasteiger partial charge is 0.422 e. The molecule has 0 aliphatic heterocycles. The van der Waals surface area contributed by atoms with E-state index in [1.54, 1.807) is 0 Å². The van der Waals surface area contributed by atoms with Gasteiger partial charge >= 0.3 is 0 Å². The molecule has 23 heavy (non-hydrogen) atoms. The molecule has 0 spiro atoms. The van der Waals surface area contributed by atoms with Crippen LogP contribution in [0.15, 0.2) is 0 Å². The molecule has 0 saturated carbocycles. The summed E-state index contributed by atoms with van der Waals surface area (Å²) in [6.45, 7) is 17.2. The maximum absolute atomic E-state index is 5.78. The summed E-state index contributed by atoms with van der Waals surface area (Å²) in [5.41, 5.74) is 0. The SMILES string of the molecule is CCCNCCCN(CCC[SiH2]OC(C)C)CCCN(C)CC. The van der Waals surface area contributed by atoms with E-state index in [4.69, 9.17) is 4.43 Å². The number of hydrogen-bond acceptors (Lipinski definition) is 4. The Balaban J connectivity index is 3.86. The maximum Gasteiger partial charge on any atom is 0.161 e. The predicted molar refractivity (Wildman–Crippen MR) is 106 cm³/mol. The van der Waals surface area contributed by atoms with E-state index in [1.807, 2.05) is 0 Å². The highest BCUT2D eigenvalue weighted by Crippen LogP contribution is 2.01. The van der Waals surface area contributed by atoms with Crippen LogP contribution in [0.25, 0.3) is 0 Å². The fourth-order valence-electron chi connectivity index (χ4n) is 2.54. The van der Waals surface area contributed by atoms with Gasteiger partial charge in [-0.2, -0.15) is 0 Å². The van der Waals surface area contributed by atoms with Crippen LogP contribution in [0.4, 0.5) is 0 Å². The lowest BCUT2D eigenvalue weighted by atomic mass is 10.3. The molecule has 0 bridgehead atoms. The number of rotatable bonds is 17. The van der Waals surface area contributed by atoms with Crippen molar-refractivity contribution in [2.24, 2.45) is 0 Å². The average molecular weight is 346 g/mol. The molecule has 0 aromatic carbocycles. The van der Waals surface area contributed by atoms with Crippen molar-refractivity contribution < 1.29 is 4.43 Å². The molecular weight excluding hydrogens is 302 g/mol. The van der Waals surface area contributed by atoms with Gasteiger partial charge in [0.25, 0.3) is 0 Å². The lowest BCUT2D eigenvalue weighted by Gasteiger charge is -2.24. The first-order chi connectivity index (χ1) is 11.1. The Labute approximate surface area is 148 Å². The Morgan fingerprint density at radius 1 is 0.957 bits per heavy atom. The second-order valence-corrected chi connectivity index (χ2v) is 8.27. The summed E-state index contributed by atoms with van der Waals surface area (Å²) in [4.78, 5) is 5.07. The summed E-state index contributed by atoms with van der Waals surface area (Å²) in [6, 6.07) is 1.32. The summed E-state index contributed by atoms with van der Waals surface area (Å²) in [5.74, 6) is 0. The van der Waals surface area contributed by atoms with Crippen molar-refractivity contribution in [3.8, 4) is 0 Å². The third kappa shape index (κ3) is 16.7. The van der Waals surface area contributed by atoms with Crippen LogP contribution in [0, 0.1) is 0 Å². The molecule has 0 fully saturated rings. The van der Waals surface area contributed by atoms with Crippen molar-refractivity contribution in [3.63, 3.8) is 0 Å². The van der Waals surface area contributed by atoms with E-state index in [-0.39, 0.29) is 9.76 Å². The van der Waals surface area contributed by atoms with Crippen LogP contribution in [0.2, 0.25) is 6.04 Å². The van der Waals surface area contributed by atoms with Gasteiger partial charge in [0.05, 0.1) is 0 Å². The van der Waals surface area contributed by atoms with Gasteiger partial charge in [-0.15, -0.1) is 0 Å². The summed E-state index contributed by atoms with van der Waals surface area (Å²) in [7, 11) is 1.92. The molecule has 0 aliphatic carbocycles.